The molecule has 1 aromatic rings. The minimum atomic E-state index is 0.139. The second kappa shape index (κ2) is 6.07. The fraction of sp³-hybridized carbons (Fsp3) is 0.312. The Morgan fingerprint density at radius 2 is 2.06 bits per heavy atom. The number of carbonyl (C=O) groups is 1. The molecule has 0 unspecified atom stereocenters. The van der Waals surface area contributed by atoms with E-state index < -0.39 is 0 Å². The lowest BCUT2D eigenvalue weighted by Crippen LogP contribution is -2.33. The number of carbonyl (C=O) groups excluding carboxylic acids is 1. The summed E-state index contributed by atoms with van der Waals surface area (Å²) < 4.78 is 0. The van der Waals surface area contributed by atoms with E-state index in [9.17, 15) is 4.79 Å². The average molecular weight is 239 g/mol. The molecule has 92 valence electrons. The van der Waals surface area contributed by atoms with E-state index >= 15 is 0 Å². The molecule has 0 N–H and O–H groups in total. The SMILES string of the molecule is C#CCCN(Cc1ccccc1)C(=O)C1=CCC1. The predicted octanol–water partition coefficient (Wildman–Crippen LogP) is 2.76. The summed E-state index contributed by atoms with van der Waals surface area (Å²) in [6.07, 6.45) is 9.83. The summed E-state index contributed by atoms with van der Waals surface area (Å²) in [5.41, 5.74) is 2.07. The summed E-state index contributed by atoms with van der Waals surface area (Å²) in [4.78, 5) is 14.1. The van der Waals surface area contributed by atoms with Crippen molar-refractivity contribution in [2.75, 3.05) is 6.54 Å². The van der Waals surface area contributed by atoms with Crippen LogP contribution in [0.1, 0.15) is 24.8 Å². The van der Waals surface area contributed by atoms with E-state index in [0.29, 0.717) is 19.5 Å². The lowest BCUT2D eigenvalue weighted by molar-refractivity contribution is -0.128. The van der Waals surface area contributed by atoms with Gasteiger partial charge in [0.15, 0.2) is 0 Å². The van der Waals surface area contributed by atoms with E-state index in [4.69, 9.17) is 6.42 Å². The molecule has 2 heteroatoms. The van der Waals surface area contributed by atoms with Crippen LogP contribution in [0.25, 0.3) is 0 Å². The Hall–Kier alpha value is -2.01. The van der Waals surface area contributed by atoms with Crippen LogP contribution in [0.4, 0.5) is 0 Å². The van der Waals surface area contributed by atoms with Gasteiger partial charge in [-0.2, -0.15) is 0 Å². The molecule has 1 aliphatic carbocycles. The third-order valence-electron chi connectivity index (χ3n) is 3.11. The highest BCUT2D eigenvalue weighted by Gasteiger charge is 2.21. The van der Waals surface area contributed by atoms with E-state index in [1.807, 2.05) is 41.3 Å². The smallest absolute Gasteiger partial charge is 0.249 e. The lowest BCUT2D eigenvalue weighted by Gasteiger charge is -2.25. The molecule has 0 saturated carbocycles. The van der Waals surface area contributed by atoms with Gasteiger partial charge in [-0.15, -0.1) is 12.3 Å². The molecular weight excluding hydrogens is 222 g/mol. The van der Waals surface area contributed by atoms with Crippen molar-refractivity contribution < 1.29 is 4.79 Å². The maximum Gasteiger partial charge on any atom is 0.249 e. The van der Waals surface area contributed by atoms with Gasteiger partial charge in [-0.1, -0.05) is 36.4 Å². The average Bonchev–Trinajstić information content (AvgIpc) is 2.33. The molecule has 0 aromatic heterocycles. The van der Waals surface area contributed by atoms with Gasteiger partial charge >= 0.3 is 0 Å². The highest BCUT2D eigenvalue weighted by Crippen LogP contribution is 2.21. The van der Waals surface area contributed by atoms with E-state index in [-0.39, 0.29) is 5.91 Å². The van der Waals surface area contributed by atoms with Gasteiger partial charge in [-0.3, -0.25) is 4.79 Å². The van der Waals surface area contributed by atoms with Crippen LogP contribution in [0.5, 0.6) is 0 Å². The van der Waals surface area contributed by atoms with Gasteiger partial charge in [0.1, 0.15) is 0 Å². The van der Waals surface area contributed by atoms with Crippen molar-refractivity contribution in [3.8, 4) is 12.3 Å². The topological polar surface area (TPSA) is 20.3 Å². The molecule has 0 bridgehead atoms. The van der Waals surface area contributed by atoms with E-state index in [1.54, 1.807) is 0 Å². The zero-order chi connectivity index (χ0) is 12.8. The molecule has 2 rings (SSSR count). The van der Waals surface area contributed by atoms with Crippen molar-refractivity contribution in [1.29, 1.82) is 0 Å². The Balaban J connectivity index is 2.05. The summed E-state index contributed by atoms with van der Waals surface area (Å²) in [5, 5.41) is 0. The molecule has 0 heterocycles. The van der Waals surface area contributed by atoms with Crippen LogP contribution in [0, 0.1) is 12.3 Å². The number of allylic oxidation sites excluding steroid dienone is 1. The van der Waals surface area contributed by atoms with Gasteiger partial charge in [0.2, 0.25) is 5.91 Å². The Labute approximate surface area is 108 Å². The first-order chi connectivity index (χ1) is 8.81. The summed E-state index contributed by atoms with van der Waals surface area (Å²) in [6, 6.07) is 10.0. The van der Waals surface area contributed by atoms with Gasteiger partial charge in [-0.25, -0.2) is 0 Å². The van der Waals surface area contributed by atoms with Crippen molar-refractivity contribution in [1.82, 2.24) is 4.90 Å². The zero-order valence-electron chi connectivity index (χ0n) is 10.4. The van der Waals surface area contributed by atoms with Crippen LogP contribution in [-0.2, 0) is 11.3 Å². The molecule has 18 heavy (non-hydrogen) atoms. The van der Waals surface area contributed by atoms with Crippen molar-refractivity contribution in [2.45, 2.75) is 25.8 Å². The summed E-state index contributed by atoms with van der Waals surface area (Å²) in [5.74, 6) is 2.74. The second-order valence-electron chi connectivity index (χ2n) is 4.43. The molecular formula is C16H17NO. The van der Waals surface area contributed by atoms with Crippen molar-refractivity contribution in [3.63, 3.8) is 0 Å². The molecule has 1 aromatic carbocycles. The number of terminal acetylenes is 1. The molecule has 0 atom stereocenters. The van der Waals surface area contributed by atoms with Crippen LogP contribution < -0.4 is 0 Å². The lowest BCUT2D eigenvalue weighted by atomic mass is 9.97. The number of nitrogens with zero attached hydrogens (tertiary/aromatic N) is 1. The highest BCUT2D eigenvalue weighted by atomic mass is 16.2. The number of hydrogen-bond acceptors (Lipinski definition) is 1. The first-order valence-electron chi connectivity index (χ1n) is 6.27. The molecule has 2 nitrogen and oxygen atoms in total. The molecule has 0 radical (unpaired) electrons. The van der Waals surface area contributed by atoms with E-state index in [2.05, 4.69) is 5.92 Å². The fourth-order valence-corrected chi connectivity index (χ4v) is 1.94. The molecule has 0 aliphatic heterocycles. The third kappa shape index (κ3) is 3.01. The minimum absolute atomic E-state index is 0.139. The van der Waals surface area contributed by atoms with Crippen LogP contribution in [0.3, 0.4) is 0 Å². The minimum Gasteiger partial charge on any atom is -0.334 e. The molecule has 1 aliphatic rings. The standard InChI is InChI=1S/C16H17NO/c1-2-3-12-17(16(18)15-10-7-11-15)13-14-8-5-4-6-9-14/h1,4-6,8-10H,3,7,11-13H2. The normalized spacial score (nSPS) is 13.2. The van der Waals surface area contributed by atoms with Crippen molar-refractivity contribution in [2.24, 2.45) is 0 Å². The van der Waals surface area contributed by atoms with E-state index in [1.165, 1.54) is 0 Å². The third-order valence-corrected chi connectivity index (χ3v) is 3.11. The Morgan fingerprint density at radius 3 is 2.61 bits per heavy atom. The molecule has 1 amide bonds. The van der Waals surface area contributed by atoms with Gasteiger partial charge < -0.3 is 4.90 Å². The van der Waals surface area contributed by atoms with Gasteiger partial charge in [0.25, 0.3) is 0 Å². The van der Waals surface area contributed by atoms with Crippen LogP contribution in [0.15, 0.2) is 42.0 Å². The highest BCUT2D eigenvalue weighted by molar-refractivity contribution is 5.94. The summed E-state index contributed by atoms with van der Waals surface area (Å²) >= 11 is 0. The monoisotopic (exact) mass is 239 g/mol. The summed E-state index contributed by atoms with van der Waals surface area (Å²) in [7, 11) is 0. The number of rotatable bonds is 5. The molecule has 0 fully saturated rings. The molecule has 0 spiro atoms. The first-order valence-corrected chi connectivity index (χ1v) is 6.27. The quantitative estimate of drug-likeness (QED) is 0.723. The summed E-state index contributed by atoms with van der Waals surface area (Å²) in [6.45, 7) is 1.26. The maximum atomic E-state index is 12.2. The van der Waals surface area contributed by atoms with Crippen molar-refractivity contribution in [3.05, 3.63) is 47.5 Å². The zero-order valence-corrected chi connectivity index (χ0v) is 10.4. The Morgan fingerprint density at radius 1 is 1.33 bits per heavy atom. The molecule has 0 saturated heterocycles. The van der Waals surface area contributed by atoms with E-state index in [0.717, 1.165) is 24.0 Å². The number of amides is 1. The number of hydrogen-bond donors (Lipinski definition) is 0. The van der Waals surface area contributed by atoms with Crippen molar-refractivity contribution >= 4 is 5.91 Å². The Kier molecular flexibility index (Phi) is 4.20. The second-order valence-corrected chi connectivity index (χ2v) is 4.43. The van der Waals surface area contributed by atoms with Crippen LogP contribution >= 0.6 is 0 Å². The maximum absolute atomic E-state index is 12.2. The van der Waals surface area contributed by atoms with Gasteiger partial charge in [0, 0.05) is 25.1 Å². The first kappa shape index (κ1) is 12.4. The fourth-order valence-electron chi connectivity index (χ4n) is 1.94. The van der Waals surface area contributed by atoms with Gasteiger partial charge in [-0.05, 0) is 18.4 Å². The Bertz CT molecular complexity index is 482. The van der Waals surface area contributed by atoms with Gasteiger partial charge in [0.05, 0.1) is 0 Å². The predicted molar refractivity (Wildman–Crippen MR) is 72.6 cm³/mol. The van der Waals surface area contributed by atoms with Crippen LogP contribution in [-0.4, -0.2) is 17.4 Å². The number of benzene rings is 1. The largest absolute Gasteiger partial charge is 0.334 e. The van der Waals surface area contributed by atoms with Crippen LogP contribution in [0.2, 0.25) is 0 Å².